The SMILES string of the molecule is CCCCCCCC1CC=C(c2ccc(S(F)(F)(F)(F)F)cc2)CC1. The average molecular weight is 382 g/mol. The lowest BCUT2D eigenvalue weighted by Gasteiger charge is -2.40. The molecular formula is C19H27F5S. The summed E-state index contributed by atoms with van der Waals surface area (Å²) < 4.78 is 63.8. The zero-order chi connectivity index (χ0) is 18.6. The van der Waals surface area contributed by atoms with Crippen molar-refractivity contribution in [1.82, 2.24) is 0 Å². The predicted octanol–water partition coefficient (Wildman–Crippen LogP) is 8.89. The molecule has 0 radical (unpaired) electrons. The molecule has 6 heteroatoms. The molecule has 0 amide bonds. The van der Waals surface area contributed by atoms with Crippen LogP contribution in [0.3, 0.4) is 0 Å². The Morgan fingerprint density at radius 3 is 2.08 bits per heavy atom. The first-order chi connectivity index (χ1) is 11.5. The maximum Gasteiger partial charge on any atom is 0.310 e. The molecule has 1 atom stereocenters. The van der Waals surface area contributed by atoms with Gasteiger partial charge in [-0.2, -0.15) is 0 Å². The number of rotatable bonds is 8. The second-order valence-electron chi connectivity index (χ2n) is 7.07. The summed E-state index contributed by atoms with van der Waals surface area (Å²) in [6.07, 6.45) is 12.3. The molecule has 0 spiro atoms. The molecule has 0 saturated heterocycles. The van der Waals surface area contributed by atoms with Gasteiger partial charge in [0.05, 0.1) is 0 Å². The first kappa shape index (κ1) is 20.3. The highest BCUT2D eigenvalue weighted by molar-refractivity contribution is 8.45. The van der Waals surface area contributed by atoms with Crippen LogP contribution in [0, 0.1) is 5.92 Å². The first-order valence-corrected chi connectivity index (χ1v) is 11.0. The molecule has 1 aromatic rings. The van der Waals surface area contributed by atoms with Crippen LogP contribution in [0.25, 0.3) is 5.57 Å². The molecule has 25 heavy (non-hydrogen) atoms. The number of halogens is 5. The second-order valence-corrected chi connectivity index (χ2v) is 9.48. The van der Waals surface area contributed by atoms with Crippen LogP contribution in [-0.2, 0) is 0 Å². The average Bonchev–Trinajstić information content (AvgIpc) is 2.53. The predicted molar refractivity (Wildman–Crippen MR) is 96.5 cm³/mol. The maximum absolute atomic E-state index is 12.8. The molecule has 0 aliphatic heterocycles. The number of allylic oxidation sites excluding steroid dienone is 2. The van der Waals surface area contributed by atoms with Gasteiger partial charge in [-0.15, -0.1) is 0 Å². The largest absolute Gasteiger partial charge is 0.310 e. The third-order valence-electron chi connectivity index (χ3n) is 4.91. The van der Waals surface area contributed by atoms with Crippen LogP contribution in [-0.4, -0.2) is 0 Å². The highest BCUT2D eigenvalue weighted by Gasteiger charge is 2.65. The van der Waals surface area contributed by atoms with Gasteiger partial charge in [0.25, 0.3) is 0 Å². The summed E-state index contributed by atoms with van der Waals surface area (Å²) in [5, 5.41) is 0. The molecule has 1 unspecified atom stereocenters. The van der Waals surface area contributed by atoms with E-state index in [0.717, 1.165) is 24.8 Å². The topological polar surface area (TPSA) is 0 Å². The third kappa shape index (κ3) is 6.32. The standard InChI is InChI=1S/C19H27F5S/c1-2-3-4-5-6-7-16-8-10-17(11-9-16)18-12-14-19(15-13-18)25(20,21,22,23)24/h10,12-16H,2-9,11H2,1H3. The molecule has 0 nitrogen and oxygen atoms in total. The Morgan fingerprint density at radius 1 is 0.920 bits per heavy atom. The summed E-state index contributed by atoms with van der Waals surface area (Å²) in [6, 6.07) is 3.36. The number of unbranched alkanes of at least 4 members (excludes halogenated alkanes) is 4. The van der Waals surface area contributed by atoms with Crippen molar-refractivity contribution in [2.75, 3.05) is 0 Å². The maximum atomic E-state index is 12.8. The zero-order valence-corrected chi connectivity index (χ0v) is 15.4. The molecule has 0 saturated carbocycles. The second kappa shape index (κ2) is 6.93. The fourth-order valence-electron chi connectivity index (χ4n) is 3.38. The van der Waals surface area contributed by atoms with Crippen molar-refractivity contribution in [3.8, 4) is 0 Å². The Bertz CT molecular complexity index is 601. The lowest BCUT2D eigenvalue weighted by Crippen LogP contribution is -2.07. The minimum absolute atomic E-state index is 0.511. The molecule has 0 aromatic heterocycles. The van der Waals surface area contributed by atoms with Gasteiger partial charge in [0, 0.05) is 0 Å². The van der Waals surface area contributed by atoms with Crippen molar-refractivity contribution in [1.29, 1.82) is 0 Å². The van der Waals surface area contributed by atoms with E-state index in [9.17, 15) is 19.4 Å². The third-order valence-corrected chi connectivity index (χ3v) is 6.07. The molecule has 0 fully saturated rings. The number of hydrogen-bond donors (Lipinski definition) is 0. The van der Waals surface area contributed by atoms with Crippen molar-refractivity contribution in [2.45, 2.75) is 69.6 Å². The van der Waals surface area contributed by atoms with Gasteiger partial charge in [-0.25, -0.2) is 0 Å². The molecule has 2 rings (SSSR count). The monoisotopic (exact) mass is 382 g/mol. The summed E-state index contributed by atoms with van der Waals surface area (Å²) in [6.45, 7) is 2.19. The van der Waals surface area contributed by atoms with Crippen molar-refractivity contribution >= 4 is 15.8 Å². The van der Waals surface area contributed by atoms with Gasteiger partial charge in [-0.3, -0.25) is 0 Å². The van der Waals surface area contributed by atoms with E-state index < -0.39 is 15.1 Å². The molecule has 1 aliphatic rings. The lowest BCUT2D eigenvalue weighted by molar-refractivity contribution is 0.364. The normalized spacial score (nSPS) is 21.4. The van der Waals surface area contributed by atoms with Crippen molar-refractivity contribution in [3.05, 3.63) is 35.9 Å². The smallest absolute Gasteiger partial charge is 0.0936 e. The Kier molecular flexibility index (Phi) is 5.62. The molecule has 0 heterocycles. The number of benzene rings is 1. The van der Waals surface area contributed by atoms with Crippen LogP contribution in [0.4, 0.5) is 19.4 Å². The Hall–Kier alpha value is -1.04. The van der Waals surface area contributed by atoms with Crippen LogP contribution in [0.5, 0.6) is 0 Å². The summed E-state index contributed by atoms with van der Waals surface area (Å²) in [7, 11) is -9.57. The quantitative estimate of drug-likeness (QED) is 0.311. The first-order valence-electron chi connectivity index (χ1n) is 9.03. The minimum Gasteiger partial charge on any atom is -0.0936 e. The van der Waals surface area contributed by atoms with E-state index in [2.05, 4.69) is 13.0 Å². The Balaban J connectivity index is 1.91. The van der Waals surface area contributed by atoms with Crippen molar-refractivity contribution in [3.63, 3.8) is 0 Å². The Labute approximate surface area is 147 Å². The summed E-state index contributed by atoms with van der Waals surface area (Å²) in [5.74, 6) is 0.634. The lowest BCUT2D eigenvalue weighted by atomic mass is 9.84. The van der Waals surface area contributed by atoms with E-state index in [1.165, 1.54) is 50.7 Å². The molecule has 1 aromatic carbocycles. The minimum atomic E-state index is -9.57. The van der Waals surface area contributed by atoms with Gasteiger partial charge >= 0.3 is 10.2 Å². The fraction of sp³-hybridized carbons (Fsp3) is 0.579. The molecular weight excluding hydrogens is 355 g/mol. The molecule has 144 valence electrons. The van der Waals surface area contributed by atoms with Gasteiger partial charge in [-0.1, -0.05) is 83.1 Å². The summed E-state index contributed by atoms with van der Waals surface area (Å²) in [4.78, 5) is -1.81. The zero-order valence-electron chi connectivity index (χ0n) is 14.6. The van der Waals surface area contributed by atoms with Gasteiger partial charge in [0.15, 0.2) is 0 Å². The van der Waals surface area contributed by atoms with Crippen molar-refractivity contribution in [2.24, 2.45) is 5.92 Å². The van der Waals surface area contributed by atoms with Crippen molar-refractivity contribution < 1.29 is 19.4 Å². The van der Waals surface area contributed by atoms with E-state index in [4.69, 9.17) is 0 Å². The van der Waals surface area contributed by atoms with E-state index in [1.54, 1.807) is 0 Å². The van der Waals surface area contributed by atoms with Gasteiger partial charge in [0.2, 0.25) is 0 Å². The Morgan fingerprint density at radius 2 is 1.56 bits per heavy atom. The van der Waals surface area contributed by atoms with E-state index in [-0.39, 0.29) is 0 Å². The fourth-order valence-corrected chi connectivity index (χ4v) is 4.03. The molecule has 0 N–H and O–H groups in total. The van der Waals surface area contributed by atoms with Crippen LogP contribution < -0.4 is 0 Å². The van der Waals surface area contributed by atoms with Crippen LogP contribution >= 0.6 is 10.2 Å². The van der Waals surface area contributed by atoms with Crippen LogP contribution in [0.2, 0.25) is 0 Å². The van der Waals surface area contributed by atoms with Gasteiger partial charge in [-0.05, 0) is 48.4 Å². The van der Waals surface area contributed by atoms with E-state index in [0.29, 0.717) is 23.6 Å². The molecule has 1 aliphatic carbocycles. The van der Waals surface area contributed by atoms with E-state index >= 15 is 0 Å². The molecule has 0 bridgehead atoms. The van der Waals surface area contributed by atoms with Gasteiger partial charge in [0.1, 0.15) is 4.90 Å². The summed E-state index contributed by atoms with van der Waals surface area (Å²) >= 11 is 0. The summed E-state index contributed by atoms with van der Waals surface area (Å²) in [5.41, 5.74) is 1.59. The highest BCUT2D eigenvalue weighted by atomic mass is 32.5. The highest BCUT2D eigenvalue weighted by Crippen LogP contribution is 3.02. The van der Waals surface area contributed by atoms with Crippen LogP contribution in [0.15, 0.2) is 35.2 Å². The van der Waals surface area contributed by atoms with Gasteiger partial charge < -0.3 is 0 Å². The van der Waals surface area contributed by atoms with E-state index in [1.807, 2.05) is 0 Å². The van der Waals surface area contributed by atoms with Crippen LogP contribution in [0.1, 0.15) is 70.3 Å². The number of hydrogen-bond acceptors (Lipinski definition) is 0.